The van der Waals surface area contributed by atoms with Gasteiger partial charge in [0.05, 0.1) is 12.6 Å². The van der Waals surface area contributed by atoms with E-state index in [0.717, 1.165) is 36.8 Å². The fraction of sp³-hybridized carbons (Fsp3) is 0.646. The van der Waals surface area contributed by atoms with E-state index in [0.29, 0.717) is 38.7 Å². The van der Waals surface area contributed by atoms with Crippen LogP contribution in [0.4, 0.5) is 0 Å². The minimum Gasteiger partial charge on any atom is -0.361 e. The van der Waals surface area contributed by atoms with E-state index in [-0.39, 0.29) is 29.9 Å². The smallest absolute Gasteiger partial charge is 0.243 e. The third-order valence-electron chi connectivity index (χ3n) is 11.5. The lowest BCUT2D eigenvalue weighted by atomic mass is 9.93. The molecule has 2 aromatic rings. The lowest BCUT2D eigenvalue weighted by Crippen LogP contribution is -2.59. The number of nitrogens with one attached hydrogen (secondary N) is 4. The number of ketones is 1. The predicted octanol–water partition coefficient (Wildman–Crippen LogP) is 6.47. The Labute approximate surface area is 353 Å². The SMILES string of the molecule is CC(C)C[C@H](NC(=O)[C@H](CCc1ccccc1)NC(=O)CCCCCCCCN1CCCCC1)C(=O)N[C@@H](Cc1ccccc1)C(=O)N[C@@H](CC(C)C)C(=O)[C@@]1(C)CO1. The molecule has 0 aliphatic carbocycles. The number of hydrogen-bond donors (Lipinski definition) is 4. The summed E-state index contributed by atoms with van der Waals surface area (Å²) >= 11 is 0. The molecule has 0 unspecified atom stereocenters. The molecule has 0 aromatic heterocycles. The van der Waals surface area contributed by atoms with E-state index in [9.17, 15) is 24.0 Å². The predicted molar refractivity (Wildman–Crippen MR) is 234 cm³/mol. The molecular weight excluding hydrogens is 743 g/mol. The van der Waals surface area contributed by atoms with Crippen LogP contribution in [-0.4, -0.2) is 90.3 Å². The van der Waals surface area contributed by atoms with Crippen LogP contribution in [-0.2, 0) is 41.6 Å². The molecule has 59 heavy (non-hydrogen) atoms. The molecule has 5 atom stereocenters. The first-order chi connectivity index (χ1) is 28.3. The summed E-state index contributed by atoms with van der Waals surface area (Å²) in [5, 5.41) is 11.8. The summed E-state index contributed by atoms with van der Waals surface area (Å²) in [6, 6.07) is 15.6. The van der Waals surface area contributed by atoms with Crippen molar-refractivity contribution >= 4 is 29.4 Å². The second kappa shape index (κ2) is 24.9. The number of amides is 4. The molecule has 0 bridgehead atoms. The van der Waals surface area contributed by atoms with E-state index in [4.69, 9.17) is 4.74 Å². The number of carbonyl (C=O) groups is 5. The van der Waals surface area contributed by atoms with Crippen LogP contribution < -0.4 is 21.3 Å². The Bertz CT molecular complexity index is 1590. The fourth-order valence-electron chi connectivity index (χ4n) is 7.90. The second-order valence-electron chi connectivity index (χ2n) is 17.9. The molecule has 4 amide bonds. The molecule has 4 rings (SSSR count). The minimum absolute atomic E-state index is 0.0295. The summed E-state index contributed by atoms with van der Waals surface area (Å²) in [6.07, 6.45) is 12.6. The zero-order valence-corrected chi connectivity index (χ0v) is 36.6. The van der Waals surface area contributed by atoms with Crippen LogP contribution >= 0.6 is 0 Å². The van der Waals surface area contributed by atoms with Gasteiger partial charge in [0, 0.05) is 12.8 Å². The topological polar surface area (TPSA) is 149 Å². The van der Waals surface area contributed by atoms with Gasteiger partial charge in [-0.2, -0.15) is 0 Å². The Morgan fingerprint density at radius 3 is 1.75 bits per heavy atom. The molecular formula is C48H73N5O6. The number of rotatable bonds is 27. The maximum atomic E-state index is 14.2. The molecule has 0 spiro atoms. The van der Waals surface area contributed by atoms with E-state index >= 15 is 0 Å². The third-order valence-corrected chi connectivity index (χ3v) is 11.5. The fourth-order valence-corrected chi connectivity index (χ4v) is 7.90. The van der Waals surface area contributed by atoms with Crippen LogP contribution in [0, 0.1) is 11.8 Å². The van der Waals surface area contributed by atoms with Gasteiger partial charge in [-0.25, -0.2) is 0 Å². The van der Waals surface area contributed by atoms with Gasteiger partial charge in [0.25, 0.3) is 0 Å². The summed E-state index contributed by atoms with van der Waals surface area (Å²) in [5.41, 5.74) is 0.955. The number of ether oxygens (including phenoxy) is 1. The molecule has 2 heterocycles. The lowest BCUT2D eigenvalue weighted by Gasteiger charge is -2.28. The highest BCUT2D eigenvalue weighted by atomic mass is 16.6. The zero-order chi connectivity index (χ0) is 42.6. The van der Waals surface area contributed by atoms with E-state index in [1.54, 1.807) is 6.92 Å². The van der Waals surface area contributed by atoms with Crippen LogP contribution in [0.2, 0.25) is 0 Å². The molecule has 326 valence electrons. The van der Waals surface area contributed by atoms with E-state index in [1.165, 1.54) is 51.7 Å². The number of epoxide rings is 1. The Morgan fingerprint density at radius 2 is 1.14 bits per heavy atom. The zero-order valence-electron chi connectivity index (χ0n) is 36.6. The molecule has 11 heteroatoms. The molecule has 2 aliphatic heterocycles. The number of carbonyl (C=O) groups excluding carboxylic acids is 5. The van der Waals surface area contributed by atoms with Crippen molar-refractivity contribution < 1.29 is 28.7 Å². The summed E-state index contributed by atoms with van der Waals surface area (Å²) in [6.45, 7) is 13.6. The van der Waals surface area contributed by atoms with Gasteiger partial charge in [-0.3, -0.25) is 24.0 Å². The molecule has 0 radical (unpaired) electrons. The molecule has 2 aromatic carbocycles. The number of unbranched alkanes of at least 4 members (excludes halogenated alkanes) is 5. The van der Waals surface area contributed by atoms with Crippen molar-refractivity contribution in [3.63, 3.8) is 0 Å². The van der Waals surface area contributed by atoms with Crippen molar-refractivity contribution in [2.45, 2.75) is 161 Å². The number of piperidine rings is 1. The Balaban J connectivity index is 1.39. The van der Waals surface area contributed by atoms with Crippen molar-refractivity contribution in [3.05, 3.63) is 71.8 Å². The number of nitrogens with zero attached hydrogens (tertiary/aromatic N) is 1. The molecule has 11 nitrogen and oxygen atoms in total. The van der Waals surface area contributed by atoms with E-state index in [2.05, 4.69) is 26.2 Å². The number of likely N-dealkylation sites (tertiary alicyclic amines) is 1. The van der Waals surface area contributed by atoms with Crippen molar-refractivity contribution in [2.24, 2.45) is 11.8 Å². The Hall–Kier alpha value is -4.09. The second-order valence-corrected chi connectivity index (χ2v) is 17.9. The maximum Gasteiger partial charge on any atom is 0.243 e. The van der Waals surface area contributed by atoms with Crippen molar-refractivity contribution in [2.75, 3.05) is 26.2 Å². The van der Waals surface area contributed by atoms with Gasteiger partial charge in [0.2, 0.25) is 23.6 Å². The normalized spacial score (nSPS) is 18.7. The first-order valence-corrected chi connectivity index (χ1v) is 22.5. The Morgan fingerprint density at radius 1 is 0.627 bits per heavy atom. The largest absolute Gasteiger partial charge is 0.361 e. The van der Waals surface area contributed by atoms with Crippen LogP contribution in [0.5, 0.6) is 0 Å². The van der Waals surface area contributed by atoms with Gasteiger partial charge in [0.1, 0.15) is 23.7 Å². The van der Waals surface area contributed by atoms with Gasteiger partial charge >= 0.3 is 0 Å². The number of hydrogen-bond acceptors (Lipinski definition) is 7. The average molecular weight is 816 g/mol. The number of Topliss-reactive ketones (excluding diaryl/α,β-unsaturated/α-hetero) is 1. The van der Waals surface area contributed by atoms with Gasteiger partial charge in [-0.15, -0.1) is 0 Å². The monoisotopic (exact) mass is 816 g/mol. The summed E-state index contributed by atoms with van der Waals surface area (Å²) in [4.78, 5) is 71.5. The number of benzene rings is 2. The first-order valence-electron chi connectivity index (χ1n) is 22.5. The van der Waals surface area contributed by atoms with Gasteiger partial charge in [-0.1, -0.05) is 120 Å². The third kappa shape index (κ3) is 17.6. The van der Waals surface area contributed by atoms with Crippen LogP contribution in [0.3, 0.4) is 0 Å². The van der Waals surface area contributed by atoms with Crippen molar-refractivity contribution in [3.8, 4) is 0 Å². The highest BCUT2D eigenvalue weighted by molar-refractivity contribution is 5.98. The maximum absolute atomic E-state index is 14.2. The van der Waals surface area contributed by atoms with Crippen molar-refractivity contribution in [1.82, 2.24) is 26.2 Å². The van der Waals surface area contributed by atoms with Crippen LogP contribution in [0.15, 0.2) is 60.7 Å². The quantitative estimate of drug-likeness (QED) is 0.0597. The van der Waals surface area contributed by atoms with Crippen molar-refractivity contribution in [1.29, 1.82) is 0 Å². The van der Waals surface area contributed by atoms with Gasteiger partial charge in [-0.05, 0) is 101 Å². The molecule has 2 fully saturated rings. The molecule has 2 aliphatic rings. The Kier molecular flexibility index (Phi) is 20.1. The highest BCUT2D eigenvalue weighted by Crippen LogP contribution is 2.30. The summed E-state index contributed by atoms with van der Waals surface area (Å²) in [5.74, 6) is -1.63. The summed E-state index contributed by atoms with van der Waals surface area (Å²) < 4.78 is 5.43. The average Bonchev–Trinajstić information content (AvgIpc) is 3.98. The van der Waals surface area contributed by atoms with Crippen LogP contribution in [0.1, 0.15) is 129 Å². The highest BCUT2D eigenvalue weighted by Gasteiger charge is 2.50. The standard InChI is InChI=1S/C48H73N5O6/c1-35(2)31-40(44(55)48(5)34-59-48)50-47(58)42(33-38-23-15-11-16-24-38)52-46(57)41(32-36(3)4)51-45(56)39(27-26-37-21-13-10-14-22-37)49-43(54)25-17-8-6-7-9-18-28-53-29-19-12-20-30-53/h10-11,13-16,21-24,35-36,39-42H,6-9,12,17-20,25-34H2,1-5H3,(H,49,54)(H,50,58)(H,51,56)(H,52,57)/t39-,40-,41-,42-,48+/m0/s1. The molecule has 0 saturated carbocycles. The first kappa shape index (κ1) is 47.6. The summed E-state index contributed by atoms with van der Waals surface area (Å²) in [7, 11) is 0. The minimum atomic E-state index is -1.02. The van der Waals surface area contributed by atoms with Gasteiger partial charge in [0.15, 0.2) is 5.78 Å². The molecule has 4 N–H and O–H groups in total. The van der Waals surface area contributed by atoms with Gasteiger partial charge < -0.3 is 30.9 Å². The van der Waals surface area contributed by atoms with E-state index < -0.39 is 47.5 Å². The van der Waals surface area contributed by atoms with E-state index in [1.807, 2.05) is 88.4 Å². The lowest BCUT2D eigenvalue weighted by molar-refractivity contribution is -0.135. The molecule has 2 saturated heterocycles. The number of aryl methyl sites for hydroxylation is 1. The van der Waals surface area contributed by atoms with Crippen LogP contribution in [0.25, 0.3) is 0 Å².